The summed E-state index contributed by atoms with van der Waals surface area (Å²) in [5.41, 5.74) is 0.531. The lowest BCUT2D eigenvalue weighted by molar-refractivity contribution is -0.138. The Labute approximate surface area is 143 Å². The van der Waals surface area contributed by atoms with E-state index in [4.69, 9.17) is 0 Å². The first-order chi connectivity index (χ1) is 11.0. The van der Waals surface area contributed by atoms with Gasteiger partial charge in [0.25, 0.3) is 5.91 Å². The number of benzene rings is 1. The molecule has 3 amide bonds. The molecule has 5 nitrogen and oxygen atoms in total. The van der Waals surface area contributed by atoms with Crippen LogP contribution in [0.25, 0.3) is 0 Å². The number of rotatable bonds is 5. The summed E-state index contributed by atoms with van der Waals surface area (Å²) in [5, 5.41) is 0. The summed E-state index contributed by atoms with van der Waals surface area (Å²) in [6, 6.07) is 6.25. The average Bonchev–Trinajstić information content (AvgIpc) is 3.33. The van der Waals surface area contributed by atoms with E-state index in [1.54, 1.807) is 30.3 Å². The van der Waals surface area contributed by atoms with Crippen LogP contribution >= 0.6 is 15.9 Å². The van der Waals surface area contributed by atoms with E-state index in [1.165, 1.54) is 9.80 Å². The van der Waals surface area contributed by atoms with Crippen molar-refractivity contribution in [3.05, 3.63) is 41.4 Å². The van der Waals surface area contributed by atoms with Gasteiger partial charge in [-0.05, 0) is 37.1 Å². The van der Waals surface area contributed by atoms with E-state index in [0.717, 1.165) is 17.3 Å². The van der Waals surface area contributed by atoms with Crippen LogP contribution in [-0.2, 0) is 14.4 Å². The molecular formula is C17H17BrN2O3. The molecule has 2 fully saturated rings. The van der Waals surface area contributed by atoms with Gasteiger partial charge in [-0.1, -0.05) is 22.0 Å². The predicted octanol–water partition coefficient (Wildman–Crippen LogP) is 2.51. The van der Waals surface area contributed by atoms with Gasteiger partial charge in [0.2, 0.25) is 11.8 Å². The summed E-state index contributed by atoms with van der Waals surface area (Å²) in [6.07, 6.45) is 3.34. The van der Waals surface area contributed by atoms with Crippen molar-refractivity contribution in [1.29, 1.82) is 0 Å². The lowest BCUT2D eigenvalue weighted by atomic mass is 10.2. The third-order valence-corrected chi connectivity index (χ3v) is 4.65. The Morgan fingerprint density at radius 1 is 1.30 bits per heavy atom. The largest absolute Gasteiger partial charge is 0.326 e. The molecule has 23 heavy (non-hydrogen) atoms. The fraction of sp³-hybridized carbons (Fsp3) is 0.353. The quantitative estimate of drug-likeness (QED) is 0.585. The summed E-state index contributed by atoms with van der Waals surface area (Å²) < 4.78 is 0.870. The van der Waals surface area contributed by atoms with E-state index in [1.807, 2.05) is 0 Å². The number of anilines is 1. The van der Waals surface area contributed by atoms with Gasteiger partial charge in [0.15, 0.2) is 0 Å². The van der Waals surface area contributed by atoms with Gasteiger partial charge in [0.1, 0.15) is 6.04 Å². The summed E-state index contributed by atoms with van der Waals surface area (Å²) in [4.78, 5) is 40.1. The molecule has 0 radical (unpaired) electrons. The summed E-state index contributed by atoms with van der Waals surface area (Å²) in [7, 11) is 0. The lowest BCUT2D eigenvalue weighted by Crippen LogP contribution is -2.46. The van der Waals surface area contributed by atoms with E-state index in [0.29, 0.717) is 5.69 Å². The summed E-state index contributed by atoms with van der Waals surface area (Å²) >= 11 is 3.33. The van der Waals surface area contributed by atoms with Crippen molar-refractivity contribution >= 4 is 39.3 Å². The van der Waals surface area contributed by atoms with Crippen LogP contribution in [-0.4, -0.2) is 35.2 Å². The normalized spacial score (nSPS) is 20.7. The lowest BCUT2D eigenvalue weighted by Gasteiger charge is -2.26. The highest BCUT2D eigenvalue weighted by Crippen LogP contribution is 2.34. The number of carbonyl (C=O) groups excluding carboxylic acids is 3. The van der Waals surface area contributed by atoms with Crippen LogP contribution in [0.3, 0.4) is 0 Å². The number of nitrogens with zero attached hydrogens (tertiary/aromatic N) is 2. The second-order valence-corrected chi connectivity index (χ2v) is 6.73. The Morgan fingerprint density at radius 3 is 2.52 bits per heavy atom. The molecule has 1 saturated heterocycles. The molecule has 120 valence electrons. The molecule has 1 aliphatic carbocycles. The first-order valence-electron chi connectivity index (χ1n) is 7.56. The number of hydrogen-bond acceptors (Lipinski definition) is 3. The number of imide groups is 1. The monoisotopic (exact) mass is 376 g/mol. The van der Waals surface area contributed by atoms with Gasteiger partial charge >= 0.3 is 0 Å². The second kappa shape index (κ2) is 6.28. The van der Waals surface area contributed by atoms with Gasteiger partial charge < -0.3 is 4.90 Å². The van der Waals surface area contributed by atoms with Gasteiger partial charge in [-0.2, -0.15) is 0 Å². The minimum Gasteiger partial charge on any atom is -0.326 e. The van der Waals surface area contributed by atoms with E-state index in [2.05, 4.69) is 22.5 Å². The minimum absolute atomic E-state index is 0.000386. The van der Waals surface area contributed by atoms with Crippen LogP contribution in [0, 0.1) is 5.92 Å². The standard InChI is InChI=1S/C17H17BrN2O3/c1-2-9-19(16(22)11-3-4-11)14-10-15(21)20(17(14)23)13-7-5-12(18)6-8-13/h2,5-8,11,14H,1,3-4,9-10H2. The number of amides is 3. The Kier molecular flexibility index (Phi) is 4.35. The Morgan fingerprint density at radius 2 is 1.96 bits per heavy atom. The van der Waals surface area contributed by atoms with Gasteiger partial charge in [-0.3, -0.25) is 14.4 Å². The molecule has 0 N–H and O–H groups in total. The number of halogens is 1. The summed E-state index contributed by atoms with van der Waals surface area (Å²) in [5.74, 6) is -0.665. The van der Waals surface area contributed by atoms with Crippen LogP contribution in [0.1, 0.15) is 19.3 Å². The zero-order valence-electron chi connectivity index (χ0n) is 12.6. The molecule has 1 aromatic carbocycles. The molecule has 1 aromatic rings. The molecule has 0 bridgehead atoms. The maximum absolute atomic E-state index is 12.7. The van der Waals surface area contributed by atoms with E-state index >= 15 is 0 Å². The topological polar surface area (TPSA) is 57.7 Å². The minimum atomic E-state index is -0.725. The molecule has 1 saturated carbocycles. The maximum atomic E-state index is 12.7. The van der Waals surface area contributed by atoms with Gasteiger partial charge in [0.05, 0.1) is 12.1 Å². The SMILES string of the molecule is C=CCN(C(=O)C1CC1)C1CC(=O)N(c2ccc(Br)cc2)C1=O. The van der Waals surface area contributed by atoms with Crippen LogP contribution in [0.4, 0.5) is 5.69 Å². The summed E-state index contributed by atoms with van der Waals surface area (Å²) in [6.45, 7) is 3.94. The fourth-order valence-electron chi connectivity index (χ4n) is 2.80. The predicted molar refractivity (Wildman–Crippen MR) is 89.7 cm³/mol. The van der Waals surface area contributed by atoms with Crippen molar-refractivity contribution < 1.29 is 14.4 Å². The molecule has 1 heterocycles. The van der Waals surface area contributed by atoms with E-state index in [9.17, 15) is 14.4 Å². The van der Waals surface area contributed by atoms with E-state index in [-0.39, 0.29) is 36.6 Å². The van der Waals surface area contributed by atoms with Crippen LogP contribution in [0.2, 0.25) is 0 Å². The van der Waals surface area contributed by atoms with Crippen molar-refractivity contribution in [2.75, 3.05) is 11.4 Å². The van der Waals surface area contributed by atoms with Crippen LogP contribution in [0.15, 0.2) is 41.4 Å². The molecule has 3 rings (SSSR count). The van der Waals surface area contributed by atoms with Crippen molar-refractivity contribution in [2.24, 2.45) is 5.92 Å². The van der Waals surface area contributed by atoms with Crippen molar-refractivity contribution in [2.45, 2.75) is 25.3 Å². The van der Waals surface area contributed by atoms with Crippen molar-refractivity contribution in [1.82, 2.24) is 4.90 Å². The van der Waals surface area contributed by atoms with Crippen LogP contribution < -0.4 is 4.90 Å². The highest BCUT2D eigenvalue weighted by Gasteiger charge is 2.46. The number of carbonyl (C=O) groups is 3. The fourth-order valence-corrected chi connectivity index (χ4v) is 3.06. The highest BCUT2D eigenvalue weighted by molar-refractivity contribution is 9.10. The first kappa shape index (κ1) is 15.9. The highest BCUT2D eigenvalue weighted by atomic mass is 79.9. The maximum Gasteiger partial charge on any atom is 0.257 e. The Bertz CT molecular complexity index is 667. The van der Waals surface area contributed by atoms with E-state index < -0.39 is 6.04 Å². The van der Waals surface area contributed by atoms with Gasteiger partial charge in [-0.25, -0.2) is 4.90 Å². The second-order valence-electron chi connectivity index (χ2n) is 5.82. The molecular weight excluding hydrogens is 360 g/mol. The third-order valence-electron chi connectivity index (χ3n) is 4.12. The van der Waals surface area contributed by atoms with Crippen molar-refractivity contribution in [3.63, 3.8) is 0 Å². The molecule has 2 aliphatic rings. The Balaban J connectivity index is 1.85. The average molecular weight is 377 g/mol. The number of hydrogen-bond donors (Lipinski definition) is 0. The third kappa shape index (κ3) is 3.08. The van der Waals surface area contributed by atoms with Crippen LogP contribution in [0.5, 0.6) is 0 Å². The zero-order valence-corrected chi connectivity index (χ0v) is 14.2. The zero-order chi connectivity index (χ0) is 16.6. The molecule has 0 spiro atoms. The molecule has 0 aromatic heterocycles. The first-order valence-corrected chi connectivity index (χ1v) is 8.36. The van der Waals surface area contributed by atoms with Gasteiger partial charge in [-0.15, -0.1) is 6.58 Å². The molecule has 1 unspecified atom stereocenters. The molecule has 1 aliphatic heterocycles. The molecule has 1 atom stereocenters. The Hall–Kier alpha value is -1.95. The smallest absolute Gasteiger partial charge is 0.257 e. The van der Waals surface area contributed by atoms with Gasteiger partial charge in [0, 0.05) is 16.9 Å². The molecule has 6 heteroatoms. The van der Waals surface area contributed by atoms with Crippen molar-refractivity contribution in [3.8, 4) is 0 Å².